The third kappa shape index (κ3) is 3.50. The first kappa shape index (κ1) is 14.4. The van der Waals surface area contributed by atoms with Crippen LogP contribution < -0.4 is 11.3 Å². The van der Waals surface area contributed by atoms with Gasteiger partial charge in [0.15, 0.2) is 0 Å². The summed E-state index contributed by atoms with van der Waals surface area (Å²) in [5.41, 5.74) is 2.92. The first-order valence-corrected chi connectivity index (χ1v) is 7.37. The van der Waals surface area contributed by atoms with Crippen molar-refractivity contribution in [3.8, 4) is 0 Å². The smallest absolute Gasteiger partial charge is 0.277 e. The fourth-order valence-corrected chi connectivity index (χ4v) is 3.26. The van der Waals surface area contributed by atoms with Gasteiger partial charge in [-0.05, 0) is 13.5 Å². The van der Waals surface area contributed by atoms with Crippen LogP contribution in [0.2, 0.25) is 0 Å². The van der Waals surface area contributed by atoms with E-state index < -0.39 is 0 Å². The zero-order valence-electron chi connectivity index (χ0n) is 11.5. The van der Waals surface area contributed by atoms with Crippen molar-refractivity contribution in [2.45, 2.75) is 20.4 Å². The molecule has 1 amide bonds. The number of rotatable bonds is 4. The number of nitrogen functional groups attached to an aromatic ring is 1. The number of hydrazine groups is 1. The Hall–Kier alpha value is -1.02. The average Bonchev–Trinajstić information content (AvgIpc) is 2.79. The molecule has 1 aromatic rings. The number of amides is 1. The van der Waals surface area contributed by atoms with E-state index in [0.29, 0.717) is 4.88 Å². The van der Waals surface area contributed by atoms with Gasteiger partial charge < -0.3 is 4.90 Å². The van der Waals surface area contributed by atoms with Crippen molar-refractivity contribution in [3.63, 3.8) is 0 Å². The van der Waals surface area contributed by atoms with E-state index in [0.717, 1.165) is 50.0 Å². The summed E-state index contributed by atoms with van der Waals surface area (Å²) in [4.78, 5) is 21.4. The van der Waals surface area contributed by atoms with Crippen LogP contribution in [0.5, 0.6) is 0 Å². The molecule has 3 N–H and O–H groups in total. The number of hydrogen-bond donors (Lipinski definition) is 2. The molecule has 7 heteroatoms. The van der Waals surface area contributed by atoms with E-state index in [1.807, 2.05) is 6.92 Å². The molecule has 0 radical (unpaired) electrons. The lowest BCUT2D eigenvalue weighted by molar-refractivity contribution is 0.0957. The van der Waals surface area contributed by atoms with Gasteiger partial charge in [-0.25, -0.2) is 10.8 Å². The van der Waals surface area contributed by atoms with Crippen molar-refractivity contribution >= 4 is 17.2 Å². The molecule has 1 fully saturated rings. The Labute approximate surface area is 117 Å². The largest absolute Gasteiger partial charge is 0.301 e. The van der Waals surface area contributed by atoms with Crippen molar-refractivity contribution < 1.29 is 4.79 Å². The van der Waals surface area contributed by atoms with Gasteiger partial charge in [0, 0.05) is 26.2 Å². The predicted molar refractivity (Wildman–Crippen MR) is 75.9 cm³/mol. The van der Waals surface area contributed by atoms with Gasteiger partial charge in [-0.1, -0.05) is 6.92 Å². The van der Waals surface area contributed by atoms with Crippen LogP contribution in [-0.4, -0.2) is 53.4 Å². The monoisotopic (exact) mass is 283 g/mol. The molecule has 1 saturated heterocycles. The van der Waals surface area contributed by atoms with Crippen molar-refractivity contribution in [2.24, 2.45) is 5.84 Å². The maximum absolute atomic E-state index is 11.5. The molecule has 0 saturated carbocycles. The van der Waals surface area contributed by atoms with Crippen LogP contribution in [0.3, 0.4) is 0 Å². The van der Waals surface area contributed by atoms with Crippen LogP contribution in [0.15, 0.2) is 0 Å². The molecule has 106 valence electrons. The molecule has 2 rings (SSSR count). The number of nitrogens with zero attached hydrogens (tertiary/aromatic N) is 3. The second-order valence-corrected chi connectivity index (χ2v) is 5.79. The second-order valence-electron chi connectivity index (χ2n) is 4.71. The molecule has 0 atom stereocenters. The van der Waals surface area contributed by atoms with Crippen LogP contribution >= 0.6 is 11.3 Å². The van der Waals surface area contributed by atoms with Crippen LogP contribution in [-0.2, 0) is 6.54 Å². The van der Waals surface area contributed by atoms with Gasteiger partial charge in [-0.2, -0.15) is 0 Å². The highest BCUT2D eigenvalue weighted by molar-refractivity contribution is 7.13. The Morgan fingerprint density at radius 1 is 1.37 bits per heavy atom. The van der Waals surface area contributed by atoms with Crippen molar-refractivity contribution in [1.29, 1.82) is 0 Å². The number of aryl methyl sites for hydroxylation is 1. The highest BCUT2D eigenvalue weighted by atomic mass is 32.1. The van der Waals surface area contributed by atoms with Gasteiger partial charge >= 0.3 is 0 Å². The summed E-state index contributed by atoms with van der Waals surface area (Å²) in [5.74, 6) is 4.91. The molecule has 1 aliphatic rings. The fourth-order valence-electron chi connectivity index (χ4n) is 2.25. The first-order chi connectivity index (χ1) is 9.13. The van der Waals surface area contributed by atoms with Gasteiger partial charge in [0.2, 0.25) is 0 Å². The zero-order chi connectivity index (χ0) is 13.8. The molecular weight excluding hydrogens is 262 g/mol. The minimum atomic E-state index is -0.253. The Balaban J connectivity index is 1.95. The number of nitrogens with two attached hydrogens (primary N) is 1. The SMILES string of the molecule is CCN1CCN(Cc2nc(C)c(C(=O)NN)s2)CC1. The Kier molecular flexibility index (Phi) is 4.87. The summed E-state index contributed by atoms with van der Waals surface area (Å²) in [7, 11) is 0. The third-order valence-corrected chi connectivity index (χ3v) is 4.59. The number of thiazole rings is 1. The topological polar surface area (TPSA) is 74.5 Å². The molecule has 2 heterocycles. The summed E-state index contributed by atoms with van der Waals surface area (Å²) in [6.07, 6.45) is 0. The first-order valence-electron chi connectivity index (χ1n) is 6.56. The average molecular weight is 283 g/mol. The van der Waals surface area contributed by atoms with Gasteiger partial charge in [0.1, 0.15) is 9.88 Å². The van der Waals surface area contributed by atoms with E-state index >= 15 is 0 Å². The van der Waals surface area contributed by atoms with Crippen molar-refractivity contribution in [2.75, 3.05) is 32.7 Å². The molecule has 0 spiro atoms. The number of nitrogens with one attached hydrogen (secondary N) is 1. The molecule has 1 aromatic heterocycles. The van der Waals surface area contributed by atoms with E-state index in [2.05, 4.69) is 27.1 Å². The maximum Gasteiger partial charge on any atom is 0.277 e. The minimum Gasteiger partial charge on any atom is -0.301 e. The van der Waals surface area contributed by atoms with Crippen LogP contribution in [0.25, 0.3) is 0 Å². The second kappa shape index (κ2) is 6.42. The van der Waals surface area contributed by atoms with Gasteiger partial charge in [-0.3, -0.25) is 15.1 Å². The number of likely N-dealkylation sites (N-methyl/N-ethyl adjacent to an activating group) is 1. The lowest BCUT2D eigenvalue weighted by Gasteiger charge is -2.33. The highest BCUT2D eigenvalue weighted by Gasteiger charge is 2.19. The number of carbonyl (C=O) groups excluding carboxylic acids is 1. The van der Waals surface area contributed by atoms with E-state index in [4.69, 9.17) is 5.84 Å². The van der Waals surface area contributed by atoms with Crippen LogP contribution in [0.1, 0.15) is 27.3 Å². The van der Waals surface area contributed by atoms with Gasteiger partial charge in [-0.15, -0.1) is 11.3 Å². The normalized spacial score (nSPS) is 17.6. The summed E-state index contributed by atoms with van der Waals surface area (Å²) in [6, 6.07) is 0. The van der Waals surface area contributed by atoms with E-state index in [1.54, 1.807) is 0 Å². The third-order valence-electron chi connectivity index (χ3n) is 3.45. The predicted octanol–water partition coefficient (Wildman–Crippen LogP) is 0.193. The Morgan fingerprint density at radius 2 is 2.00 bits per heavy atom. The molecule has 1 aliphatic heterocycles. The fraction of sp³-hybridized carbons (Fsp3) is 0.667. The standard InChI is InChI=1S/C12H21N5OS/c1-3-16-4-6-17(7-5-16)8-10-14-9(2)11(19-10)12(18)15-13/h3-8,13H2,1-2H3,(H,15,18). The molecule has 6 nitrogen and oxygen atoms in total. The van der Waals surface area contributed by atoms with Gasteiger partial charge in [0.25, 0.3) is 5.91 Å². The molecule has 0 aliphatic carbocycles. The van der Waals surface area contributed by atoms with E-state index in [1.165, 1.54) is 11.3 Å². The number of hydrogen-bond acceptors (Lipinski definition) is 6. The minimum absolute atomic E-state index is 0.253. The Bertz CT molecular complexity index is 439. The number of carbonyl (C=O) groups is 1. The zero-order valence-corrected chi connectivity index (χ0v) is 12.3. The lowest BCUT2D eigenvalue weighted by Crippen LogP contribution is -2.45. The quantitative estimate of drug-likeness (QED) is 0.469. The lowest BCUT2D eigenvalue weighted by atomic mass is 10.3. The molecule has 0 aromatic carbocycles. The number of piperazine rings is 1. The number of aromatic nitrogens is 1. The summed E-state index contributed by atoms with van der Waals surface area (Å²) >= 11 is 1.43. The summed E-state index contributed by atoms with van der Waals surface area (Å²) in [6.45, 7) is 10.3. The highest BCUT2D eigenvalue weighted by Crippen LogP contribution is 2.19. The summed E-state index contributed by atoms with van der Waals surface area (Å²) in [5, 5.41) is 0.987. The van der Waals surface area contributed by atoms with Gasteiger partial charge in [0.05, 0.1) is 12.2 Å². The van der Waals surface area contributed by atoms with E-state index in [-0.39, 0.29) is 5.91 Å². The molecular formula is C12H21N5OS. The maximum atomic E-state index is 11.5. The van der Waals surface area contributed by atoms with E-state index in [9.17, 15) is 4.79 Å². The van der Waals surface area contributed by atoms with Crippen molar-refractivity contribution in [3.05, 3.63) is 15.6 Å². The Morgan fingerprint density at radius 3 is 2.58 bits per heavy atom. The van der Waals surface area contributed by atoms with Crippen LogP contribution in [0, 0.1) is 6.92 Å². The molecule has 0 bridgehead atoms. The summed E-state index contributed by atoms with van der Waals surface area (Å²) < 4.78 is 0. The van der Waals surface area contributed by atoms with Crippen LogP contribution in [0.4, 0.5) is 0 Å². The van der Waals surface area contributed by atoms with Crippen molar-refractivity contribution in [1.82, 2.24) is 20.2 Å². The molecule has 19 heavy (non-hydrogen) atoms. The molecule has 0 unspecified atom stereocenters.